The van der Waals surface area contributed by atoms with E-state index in [0.29, 0.717) is 18.5 Å². The number of hydrogen-bond donors (Lipinski definition) is 2. The summed E-state index contributed by atoms with van der Waals surface area (Å²) >= 11 is 0. The van der Waals surface area contributed by atoms with E-state index in [1.807, 2.05) is 0 Å². The molecular formula is C14H24N2. The van der Waals surface area contributed by atoms with Crippen molar-refractivity contribution in [2.75, 3.05) is 13.1 Å². The fourth-order valence-electron chi connectivity index (χ4n) is 1.89. The molecule has 1 unspecified atom stereocenters. The molecule has 0 aliphatic rings. The maximum absolute atomic E-state index is 5.54. The third-order valence-corrected chi connectivity index (χ3v) is 3.06. The average Bonchev–Trinajstić information content (AvgIpc) is 2.26. The highest BCUT2D eigenvalue weighted by molar-refractivity contribution is 5.26. The van der Waals surface area contributed by atoms with Crippen LogP contribution in [-0.2, 0) is 6.42 Å². The molecule has 3 N–H and O–H groups in total. The first kappa shape index (κ1) is 13.2. The second kappa shape index (κ2) is 6.66. The van der Waals surface area contributed by atoms with E-state index < -0.39 is 0 Å². The Balaban J connectivity index is 2.64. The van der Waals surface area contributed by atoms with Crippen LogP contribution in [0.25, 0.3) is 0 Å². The second-order valence-corrected chi connectivity index (χ2v) is 4.72. The normalized spacial score (nSPS) is 13.1. The maximum atomic E-state index is 5.54. The van der Waals surface area contributed by atoms with Crippen LogP contribution >= 0.6 is 0 Å². The standard InChI is InChI=1S/C14H24N2/c1-11(2)14(16-9-8-15)10-13-7-5-4-6-12(13)3/h4-7,11,14,16H,8-10,15H2,1-3H3. The second-order valence-electron chi connectivity index (χ2n) is 4.72. The van der Waals surface area contributed by atoms with Gasteiger partial charge >= 0.3 is 0 Å². The Labute approximate surface area is 99.2 Å². The molecule has 0 radical (unpaired) electrons. The summed E-state index contributed by atoms with van der Waals surface area (Å²) in [6.07, 6.45) is 1.09. The summed E-state index contributed by atoms with van der Waals surface area (Å²) in [5, 5.41) is 3.52. The van der Waals surface area contributed by atoms with Crippen LogP contribution in [0.15, 0.2) is 24.3 Å². The van der Waals surface area contributed by atoms with E-state index in [-0.39, 0.29) is 0 Å². The molecule has 1 rings (SSSR count). The molecule has 0 amide bonds. The SMILES string of the molecule is Cc1ccccc1CC(NCCN)C(C)C. The molecule has 0 spiro atoms. The minimum Gasteiger partial charge on any atom is -0.329 e. The Morgan fingerprint density at radius 1 is 1.25 bits per heavy atom. The van der Waals surface area contributed by atoms with E-state index in [1.165, 1.54) is 11.1 Å². The van der Waals surface area contributed by atoms with E-state index in [9.17, 15) is 0 Å². The van der Waals surface area contributed by atoms with Gasteiger partial charge in [-0.25, -0.2) is 0 Å². The first-order valence-corrected chi connectivity index (χ1v) is 6.13. The lowest BCUT2D eigenvalue weighted by Crippen LogP contribution is -2.38. The van der Waals surface area contributed by atoms with Crippen LogP contribution in [-0.4, -0.2) is 19.1 Å². The lowest BCUT2D eigenvalue weighted by atomic mass is 9.94. The Morgan fingerprint density at radius 3 is 2.50 bits per heavy atom. The number of aryl methyl sites for hydroxylation is 1. The summed E-state index contributed by atoms with van der Waals surface area (Å²) in [6, 6.07) is 9.12. The van der Waals surface area contributed by atoms with Crippen molar-refractivity contribution in [1.29, 1.82) is 0 Å². The molecular weight excluding hydrogens is 196 g/mol. The summed E-state index contributed by atoms with van der Waals surface area (Å²) < 4.78 is 0. The van der Waals surface area contributed by atoms with Crippen LogP contribution in [0.4, 0.5) is 0 Å². The minimum atomic E-state index is 0.518. The molecule has 1 atom stereocenters. The van der Waals surface area contributed by atoms with Crippen molar-refractivity contribution < 1.29 is 0 Å². The van der Waals surface area contributed by atoms with Crippen molar-refractivity contribution >= 4 is 0 Å². The van der Waals surface area contributed by atoms with Crippen molar-refractivity contribution in [3.63, 3.8) is 0 Å². The van der Waals surface area contributed by atoms with Gasteiger partial charge in [0.1, 0.15) is 0 Å². The molecule has 1 aromatic rings. The number of hydrogen-bond acceptors (Lipinski definition) is 2. The average molecular weight is 220 g/mol. The third kappa shape index (κ3) is 3.95. The summed E-state index contributed by atoms with van der Waals surface area (Å²) in [6.45, 7) is 8.29. The van der Waals surface area contributed by atoms with Crippen LogP contribution in [0.1, 0.15) is 25.0 Å². The van der Waals surface area contributed by atoms with Gasteiger partial charge in [0.15, 0.2) is 0 Å². The van der Waals surface area contributed by atoms with Gasteiger partial charge < -0.3 is 11.1 Å². The zero-order valence-corrected chi connectivity index (χ0v) is 10.7. The van der Waals surface area contributed by atoms with E-state index in [2.05, 4.69) is 50.4 Å². The number of benzene rings is 1. The Kier molecular flexibility index (Phi) is 5.50. The van der Waals surface area contributed by atoms with Crippen molar-refractivity contribution in [3.05, 3.63) is 35.4 Å². The highest BCUT2D eigenvalue weighted by Crippen LogP contribution is 2.13. The maximum Gasteiger partial charge on any atom is 0.0131 e. The molecule has 0 aliphatic heterocycles. The van der Waals surface area contributed by atoms with Crippen molar-refractivity contribution in [1.82, 2.24) is 5.32 Å². The van der Waals surface area contributed by atoms with Gasteiger partial charge in [0.2, 0.25) is 0 Å². The lowest BCUT2D eigenvalue weighted by molar-refractivity contribution is 0.400. The Hall–Kier alpha value is -0.860. The molecule has 1 aromatic carbocycles. The monoisotopic (exact) mass is 220 g/mol. The highest BCUT2D eigenvalue weighted by Gasteiger charge is 2.13. The molecule has 0 fully saturated rings. The predicted molar refractivity (Wildman–Crippen MR) is 70.6 cm³/mol. The van der Waals surface area contributed by atoms with Crippen molar-refractivity contribution in [2.24, 2.45) is 11.7 Å². The smallest absolute Gasteiger partial charge is 0.0131 e. The lowest BCUT2D eigenvalue weighted by Gasteiger charge is -2.23. The Morgan fingerprint density at radius 2 is 1.94 bits per heavy atom. The summed E-state index contributed by atoms with van der Waals surface area (Å²) in [4.78, 5) is 0. The van der Waals surface area contributed by atoms with Gasteiger partial charge in [-0.15, -0.1) is 0 Å². The summed E-state index contributed by atoms with van der Waals surface area (Å²) in [7, 11) is 0. The molecule has 90 valence electrons. The fourth-order valence-corrected chi connectivity index (χ4v) is 1.89. The third-order valence-electron chi connectivity index (χ3n) is 3.06. The minimum absolute atomic E-state index is 0.518. The topological polar surface area (TPSA) is 38.0 Å². The summed E-state index contributed by atoms with van der Waals surface area (Å²) in [5.41, 5.74) is 8.35. The number of rotatable bonds is 6. The zero-order chi connectivity index (χ0) is 12.0. The largest absolute Gasteiger partial charge is 0.329 e. The highest BCUT2D eigenvalue weighted by atomic mass is 14.9. The molecule has 2 nitrogen and oxygen atoms in total. The van der Waals surface area contributed by atoms with Crippen molar-refractivity contribution in [3.8, 4) is 0 Å². The van der Waals surface area contributed by atoms with Crippen LogP contribution in [0.2, 0.25) is 0 Å². The van der Waals surface area contributed by atoms with Crippen LogP contribution in [0.5, 0.6) is 0 Å². The first-order chi connectivity index (χ1) is 7.65. The van der Waals surface area contributed by atoms with Gasteiger partial charge in [-0.2, -0.15) is 0 Å². The van der Waals surface area contributed by atoms with E-state index in [0.717, 1.165) is 13.0 Å². The first-order valence-electron chi connectivity index (χ1n) is 6.13. The molecule has 16 heavy (non-hydrogen) atoms. The van der Waals surface area contributed by atoms with Gasteiger partial charge in [0.25, 0.3) is 0 Å². The predicted octanol–water partition coefficient (Wildman–Crippen LogP) is 2.11. The van der Waals surface area contributed by atoms with Gasteiger partial charge in [0.05, 0.1) is 0 Å². The molecule has 0 saturated heterocycles. The van der Waals surface area contributed by atoms with Gasteiger partial charge in [-0.05, 0) is 30.4 Å². The fraction of sp³-hybridized carbons (Fsp3) is 0.571. The molecule has 0 aliphatic carbocycles. The molecule has 0 saturated carbocycles. The Bertz CT molecular complexity index is 307. The van der Waals surface area contributed by atoms with Crippen LogP contribution in [0, 0.1) is 12.8 Å². The number of nitrogens with two attached hydrogens (primary N) is 1. The molecule has 0 aromatic heterocycles. The number of nitrogens with one attached hydrogen (secondary N) is 1. The van der Waals surface area contributed by atoms with E-state index in [1.54, 1.807) is 0 Å². The molecule has 0 heterocycles. The quantitative estimate of drug-likeness (QED) is 0.770. The van der Waals surface area contributed by atoms with Crippen molar-refractivity contribution in [2.45, 2.75) is 33.2 Å². The van der Waals surface area contributed by atoms with E-state index >= 15 is 0 Å². The van der Waals surface area contributed by atoms with Gasteiger partial charge in [-0.1, -0.05) is 38.1 Å². The van der Waals surface area contributed by atoms with Gasteiger partial charge in [0, 0.05) is 19.1 Å². The van der Waals surface area contributed by atoms with Crippen LogP contribution < -0.4 is 11.1 Å². The summed E-state index contributed by atoms with van der Waals surface area (Å²) in [5.74, 6) is 0.631. The van der Waals surface area contributed by atoms with E-state index in [4.69, 9.17) is 5.73 Å². The molecule has 0 bridgehead atoms. The van der Waals surface area contributed by atoms with Gasteiger partial charge in [-0.3, -0.25) is 0 Å². The zero-order valence-electron chi connectivity index (χ0n) is 10.7. The van der Waals surface area contributed by atoms with Crippen LogP contribution in [0.3, 0.4) is 0 Å². The molecule has 2 heteroatoms.